The first-order valence-electron chi connectivity index (χ1n) is 10.1. The number of hydrogen-bond donors (Lipinski definition) is 1. The van der Waals surface area contributed by atoms with E-state index in [1.54, 1.807) is 43.5 Å². The highest BCUT2D eigenvalue weighted by Gasteiger charge is 2.13. The van der Waals surface area contributed by atoms with Crippen LogP contribution in [0.15, 0.2) is 78.4 Å². The van der Waals surface area contributed by atoms with Crippen LogP contribution >= 0.6 is 0 Å². The first-order chi connectivity index (χ1) is 15.6. The van der Waals surface area contributed by atoms with Gasteiger partial charge in [0.25, 0.3) is 5.91 Å². The van der Waals surface area contributed by atoms with Gasteiger partial charge in [0.15, 0.2) is 11.5 Å². The van der Waals surface area contributed by atoms with Crippen LogP contribution in [0.4, 0.5) is 5.69 Å². The van der Waals surface area contributed by atoms with E-state index in [0.29, 0.717) is 41.7 Å². The van der Waals surface area contributed by atoms with Gasteiger partial charge in [-0.15, -0.1) is 0 Å². The molecule has 0 radical (unpaired) electrons. The predicted octanol–water partition coefficient (Wildman–Crippen LogP) is 5.22. The number of anilines is 1. The summed E-state index contributed by atoms with van der Waals surface area (Å²) in [6, 6.07) is 24.1. The second kappa shape index (κ2) is 11.2. The van der Waals surface area contributed by atoms with Crippen LogP contribution in [0.25, 0.3) is 6.08 Å². The van der Waals surface area contributed by atoms with E-state index in [1.807, 2.05) is 49.4 Å². The van der Waals surface area contributed by atoms with Crippen LogP contribution in [0.2, 0.25) is 0 Å². The first-order valence-corrected chi connectivity index (χ1v) is 10.1. The highest BCUT2D eigenvalue weighted by molar-refractivity contribution is 6.10. The fourth-order valence-corrected chi connectivity index (χ4v) is 2.98. The molecule has 0 unspecified atom stereocenters. The third-order valence-electron chi connectivity index (χ3n) is 4.54. The highest BCUT2D eigenvalue weighted by atomic mass is 16.5. The maximum atomic E-state index is 12.7. The molecule has 0 heterocycles. The largest absolute Gasteiger partial charge is 0.493 e. The lowest BCUT2D eigenvalue weighted by molar-refractivity contribution is -0.112. The first kappa shape index (κ1) is 22.4. The Morgan fingerprint density at radius 2 is 1.72 bits per heavy atom. The zero-order chi connectivity index (χ0) is 22.8. The third kappa shape index (κ3) is 5.89. The summed E-state index contributed by atoms with van der Waals surface area (Å²) < 4.78 is 16.8. The van der Waals surface area contributed by atoms with Gasteiger partial charge in [-0.25, -0.2) is 0 Å². The lowest BCUT2D eigenvalue weighted by Gasteiger charge is -2.12. The van der Waals surface area contributed by atoms with Crippen molar-refractivity contribution in [3.05, 3.63) is 89.5 Å². The SMILES string of the molecule is CCOc1ccccc1NC(=O)/C(C#N)=C/c1ccc(OCc2ccccc2)c(OC)c1. The minimum atomic E-state index is -0.525. The van der Waals surface area contributed by atoms with E-state index in [0.717, 1.165) is 5.56 Å². The summed E-state index contributed by atoms with van der Waals surface area (Å²) >= 11 is 0. The maximum absolute atomic E-state index is 12.7. The Labute approximate surface area is 187 Å². The molecule has 0 aromatic heterocycles. The molecule has 0 saturated carbocycles. The number of rotatable bonds is 9. The molecule has 32 heavy (non-hydrogen) atoms. The summed E-state index contributed by atoms with van der Waals surface area (Å²) in [5.41, 5.74) is 2.13. The van der Waals surface area contributed by atoms with Gasteiger partial charge in [0.1, 0.15) is 24.0 Å². The number of para-hydroxylation sites is 2. The van der Waals surface area contributed by atoms with Gasteiger partial charge in [-0.05, 0) is 48.4 Å². The molecule has 0 spiro atoms. The van der Waals surface area contributed by atoms with E-state index in [4.69, 9.17) is 14.2 Å². The summed E-state index contributed by atoms with van der Waals surface area (Å²) in [4.78, 5) is 12.7. The minimum absolute atomic E-state index is 0.0451. The van der Waals surface area contributed by atoms with Crippen LogP contribution in [0.1, 0.15) is 18.1 Å². The van der Waals surface area contributed by atoms with E-state index in [9.17, 15) is 10.1 Å². The fourth-order valence-electron chi connectivity index (χ4n) is 2.98. The van der Waals surface area contributed by atoms with Gasteiger partial charge in [-0.1, -0.05) is 48.5 Å². The van der Waals surface area contributed by atoms with Gasteiger partial charge < -0.3 is 19.5 Å². The van der Waals surface area contributed by atoms with E-state index in [2.05, 4.69) is 5.32 Å². The van der Waals surface area contributed by atoms with Crippen LogP contribution in [-0.4, -0.2) is 19.6 Å². The van der Waals surface area contributed by atoms with Gasteiger partial charge >= 0.3 is 0 Å². The van der Waals surface area contributed by atoms with Crippen molar-refractivity contribution in [2.24, 2.45) is 0 Å². The molecule has 0 atom stereocenters. The zero-order valence-corrected chi connectivity index (χ0v) is 18.0. The number of ether oxygens (including phenoxy) is 3. The van der Waals surface area contributed by atoms with E-state index >= 15 is 0 Å². The van der Waals surface area contributed by atoms with Crippen molar-refractivity contribution in [3.63, 3.8) is 0 Å². The Morgan fingerprint density at radius 1 is 0.969 bits per heavy atom. The van der Waals surface area contributed by atoms with E-state index in [-0.39, 0.29) is 5.57 Å². The normalized spacial score (nSPS) is 10.7. The number of methoxy groups -OCH3 is 1. The van der Waals surface area contributed by atoms with Gasteiger partial charge in [-0.3, -0.25) is 4.79 Å². The third-order valence-corrected chi connectivity index (χ3v) is 4.54. The number of nitrogens with zero attached hydrogens (tertiary/aromatic N) is 1. The number of nitrogens with one attached hydrogen (secondary N) is 1. The number of benzene rings is 3. The standard InChI is InChI=1S/C26H24N2O4/c1-3-31-23-12-8-7-11-22(23)28-26(29)21(17-27)15-20-13-14-24(25(16-20)30-2)32-18-19-9-5-4-6-10-19/h4-16H,3,18H2,1-2H3,(H,28,29)/b21-15+. The summed E-state index contributed by atoms with van der Waals surface area (Å²) in [6.45, 7) is 2.73. The average molecular weight is 428 g/mol. The monoisotopic (exact) mass is 428 g/mol. The molecule has 0 saturated heterocycles. The van der Waals surface area contributed by atoms with Crippen LogP contribution < -0.4 is 19.5 Å². The molecule has 0 aliphatic rings. The Kier molecular flexibility index (Phi) is 7.88. The summed E-state index contributed by atoms with van der Waals surface area (Å²) in [6.07, 6.45) is 1.50. The predicted molar refractivity (Wildman–Crippen MR) is 124 cm³/mol. The van der Waals surface area contributed by atoms with Crippen molar-refractivity contribution in [2.45, 2.75) is 13.5 Å². The van der Waals surface area contributed by atoms with Crippen molar-refractivity contribution in [2.75, 3.05) is 19.0 Å². The van der Waals surface area contributed by atoms with E-state index in [1.165, 1.54) is 6.08 Å². The number of nitriles is 1. The maximum Gasteiger partial charge on any atom is 0.266 e. The molecule has 0 fully saturated rings. The summed E-state index contributed by atoms with van der Waals surface area (Å²) in [7, 11) is 1.54. The zero-order valence-electron chi connectivity index (χ0n) is 18.0. The molecule has 6 heteroatoms. The molecule has 3 aromatic rings. The molecule has 0 aliphatic carbocycles. The molecule has 3 aromatic carbocycles. The summed E-state index contributed by atoms with van der Waals surface area (Å²) in [5.74, 6) is 1.10. The van der Waals surface area contributed by atoms with Gasteiger partial charge in [0.2, 0.25) is 0 Å². The van der Waals surface area contributed by atoms with Crippen molar-refractivity contribution in [1.82, 2.24) is 0 Å². The lowest BCUT2D eigenvalue weighted by atomic mass is 10.1. The van der Waals surface area contributed by atoms with Gasteiger partial charge in [0.05, 0.1) is 19.4 Å². The number of amides is 1. The quantitative estimate of drug-likeness (QED) is 0.373. The lowest BCUT2D eigenvalue weighted by Crippen LogP contribution is -2.14. The number of carbonyl (C=O) groups excluding carboxylic acids is 1. The number of carbonyl (C=O) groups is 1. The van der Waals surface area contributed by atoms with Gasteiger partial charge in [0, 0.05) is 0 Å². The van der Waals surface area contributed by atoms with Crippen molar-refractivity contribution in [3.8, 4) is 23.3 Å². The summed E-state index contributed by atoms with van der Waals surface area (Å²) in [5, 5.41) is 12.3. The molecule has 6 nitrogen and oxygen atoms in total. The number of hydrogen-bond acceptors (Lipinski definition) is 5. The Bertz CT molecular complexity index is 1130. The Hall–Kier alpha value is -4.24. The molecule has 162 valence electrons. The molecular weight excluding hydrogens is 404 g/mol. The highest BCUT2D eigenvalue weighted by Crippen LogP contribution is 2.30. The second-order valence-corrected chi connectivity index (χ2v) is 6.74. The molecule has 1 amide bonds. The Balaban J connectivity index is 1.76. The smallest absolute Gasteiger partial charge is 0.266 e. The molecule has 1 N–H and O–H groups in total. The van der Waals surface area contributed by atoms with Crippen LogP contribution in [0, 0.1) is 11.3 Å². The minimum Gasteiger partial charge on any atom is -0.493 e. The van der Waals surface area contributed by atoms with Crippen LogP contribution in [0.5, 0.6) is 17.2 Å². The van der Waals surface area contributed by atoms with Crippen molar-refractivity contribution < 1.29 is 19.0 Å². The fraction of sp³-hybridized carbons (Fsp3) is 0.154. The molecule has 3 rings (SSSR count). The molecule has 0 aliphatic heterocycles. The molecule has 0 bridgehead atoms. The topological polar surface area (TPSA) is 80.6 Å². The second-order valence-electron chi connectivity index (χ2n) is 6.74. The van der Waals surface area contributed by atoms with Crippen molar-refractivity contribution >= 4 is 17.7 Å². The van der Waals surface area contributed by atoms with E-state index < -0.39 is 5.91 Å². The molecular formula is C26H24N2O4. The van der Waals surface area contributed by atoms with Crippen LogP contribution in [0.3, 0.4) is 0 Å². The van der Waals surface area contributed by atoms with Gasteiger partial charge in [-0.2, -0.15) is 5.26 Å². The average Bonchev–Trinajstić information content (AvgIpc) is 2.83. The van der Waals surface area contributed by atoms with Crippen molar-refractivity contribution in [1.29, 1.82) is 5.26 Å². The van der Waals surface area contributed by atoms with Crippen LogP contribution in [-0.2, 0) is 11.4 Å². The Morgan fingerprint density at radius 3 is 2.44 bits per heavy atom.